The Balaban J connectivity index is 1.80. The van der Waals surface area contributed by atoms with E-state index in [1.165, 1.54) is 11.1 Å². The lowest BCUT2D eigenvalue weighted by molar-refractivity contribution is -0.113. The lowest BCUT2D eigenvalue weighted by Gasteiger charge is -2.29. The van der Waals surface area contributed by atoms with Gasteiger partial charge < -0.3 is 10.6 Å². The lowest BCUT2D eigenvalue weighted by Crippen LogP contribution is -2.35. The molecule has 2 N–H and O–H groups in total. The second kappa shape index (κ2) is 6.08. The average molecular weight is 305 g/mol. The van der Waals surface area contributed by atoms with Crippen LogP contribution in [0.25, 0.3) is 0 Å². The molecular formula is C19H19N3O. The zero-order valence-electron chi connectivity index (χ0n) is 13.3. The molecule has 1 heterocycles. The summed E-state index contributed by atoms with van der Waals surface area (Å²) in [6.07, 6.45) is 3.37. The Labute approximate surface area is 136 Å². The van der Waals surface area contributed by atoms with Gasteiger partial charge in [0.15, 0.2) is 0 Å². The van der Waals surface area contributed by atoms with E-state index in [1.54, 1.807) is 12.4 Å². The summed E-state index contributed by atoms with van der Waals surface area (Å²) in [4.78, 5) is 16.0. The summed E-state index contributed by atoms with van der Waals surface area (Å²) in [6, 6.07) is 12.1. The molecule has 0 saturated carbocycles. The van der Waals surface area contributed by atoms with Crippen LogP contribution in [0.4, 0.5) is 5.69 Å². The molecule has 4 heteroatoms. The predicted octanol–water partition coefficient (Wildman–Crippen LogP) is 3.50. The van der Waals surface area contributed by atoms with Gasteiger partial charge >= 0.3 is 0 Å². The number of benzene rings is 1. The molecular weight excluding hydrogens is 286 g/mol. The van der Waals surface area contributed by atoms with Gasteiger partial charge in [-0.3, -0.25) is 9.78 Å². The molecule has 0 amide bonds. The highest BCUT2D eigenvalue weighted by Gasteiger charge is 2.33. The van der Waals surface area contributed by atoms with Gasteiger partial charge in [-0.15, -0.1) is 0 Å². The zero-order chi connectivity index (χ0) is 16.4. The number of hydrogen-bond donors (Lipinski definition) is 2. The van der Waals surface area contributed by atoms with Crippen molar-refractivity contribution in [2.24, 2.45) is 0 Å². The number of ketones is 1. The first kappa shape index (κ1) is 15.0. The van der Waals surface area contributed by atoms with Gasteiger partial charge in [0.2, 0.25) is 5.78 Å². The summed E-state index contributed by atoms with van der Waals surface area (Å²) in [5.74, 6) is -0.0552. The minimum absolute atomic E-state index is 0.0552. The number of aromatic nitrogens is 1. The molecule has 0 saturated heterocycles. The number of rotatable bonds is 5. The van der Waals surface area contributed by atoms with Crippen molar-refractivity contribution in [2.75, 3.05) is 5.32 Å². The summed E-state index contributed by atoms with van der Waals surface area (Å²) in [7, 11) is 0. The monoisotopic (exact) mass is 305 g/mol. The van der Waals surface area contributed by atoms with Gasteiger partial charge in [0, 0.05) is 29.7 Å². The number of hydrogen-bond acceptors (Lipinski definition) is 4. The second-order valence-electron chi connectivity index (χ2n) is 5.70. The minimum Gasteiger partial charge on any atom is -0.376 e. The molecule has 0 fully saturated rings. The minimum atomic E-state index is -0.0552. The largest absolute Gasteiger partial charge is 0.376 e. The number of Topliss-reactive ketones (excluding diaryl/α,β-unsaturated/α-hetero) is 1. The fraction of sp³-hybridized carbons (Fsp3) is 0.158. The van der Waals surface area contributed by atoms with Gasteiger partial charge in [0.25, 0.3) is 0 Å². The van der Waals surface area contributed by atoms with Crippen LogP contribution in [0.3, 0.4) is 0 Å². The third-order valence-corrected chi connectivity index (χ3v) is 3.94. The maximum Gasteiger partial charge on any atom is 0.212 e. The number of nitrogens with zero attached hydrogens (tertiary/aromatic N) is 1. The second-order valence-corrected chi connectivity index (χ2v) is 5.70. The molecule has 0 unspecified atom stereocenters. The Kier molecular flexibility index (Phi) is 3.98. The molecule has 1 aromatic heterocycles. The van der Waals surface area contributed by atoms with Gasteiger partial charge in [-0.1, -0.05) is 36.4 Å². The van der Waals surface area contributed by atoms with Crippen molar-refractivity contribution in [3.05, 3.63) is 83.5 Å². The van der Waals surface area contributed by atoms with E-state index in [0.29, 0.717) is 11.3 Å². The first-order chi connectivity index (χ1) is 11.1. The fourth-order valence-electron chi connectivity index (χ4n) is 2.48. The summed E-state index contributed by atoms with van der Waals surface area (Å²) >= 11 is 0. The van der Waals surface area contributed by atoms with E-state index in [9.17, 15) is 4.79 Å². The van der Waals surface area contributed by atoms with Crippen LogP contribution >= 0.6 is 0 Å². The van der Waals surface area contributed by atoms with Crippen LogP contribution in [-0.2, 0) is 4.79 Å². The molecule has 1 aliphatic rings. The predicted molar refractivity (Wildman–Crippen MR) is 91.8 cm³/mol. The number of anilines is 1. The summed E-state index contributed by atoms with van der Waals surface area (Å²) < 4.78 is 0. The van der Waals surface area contributed by atoms with Crippen molar-refractivity contribution in [2.45, 2.75) is 19.9 Å². The number of carbonyl (C=O) groups is 1. The van der Waals surface area contributed by atoms with Crippen LogP contribution in [0.1, 0.15) is 24.1 Å². The van der Waals surface area contributed by atoms with Crippen LogP contribution in [0, 0.1) is 6.92 Å². The lowest BCUT2D eigenvalue weighted by atomic mass is 9.91. The number of carbonyl (C=O) groups excluding carboxylic acids is 1. The molecule has 1 aromatic carbocycles. The Bertz CT molecular complexity index is 776. The van der Waals surface area contributed by atoms with Crippen LogP contribution in [0.2, 0.25) is 0 Å². The van der Waals surface area contributed by atoms with Crippen LogP contribution in [-0.4, -0.2) is 10.8 Å². The van der Waals surface area contributed by atoms with Gasteiger partial charge in [0.05, 0.1) is 5.70 Å². The Morgan fingerprint density at radius 2 is 1.70 bits per heavy atom. The van der Waals surface area contributed by atoms with E-state index in [0.717, 1.165) is 11.4 Å². The molecule has 4 nitrogen and oxygen atoms in total. The summed E-state index contributed by atoms with van der Waals surface area (Å²) in [6.45, 7) is 7.98. The molecule has 0 aliphatic heterocycles. The zero-order valence-corrected chi connectivity index (χ0v) is 13.3. The van der Waals surface area contributed by atoms with Gasteiger partial charge in [-0.2, -0.15) is 0 Å². The molecule has 0 radical (unpaired) electrons. The number of aryl methyl sites for hydroxylation is 1. The number of allylic oxidation sites excluding steroid dienone is 2. The normalized spacial score (nSPS) is 15.2. The van der Waals surface area contributed by atoms with Crippen molar-refractivity contribution in [1.82, 2.24) is 10.3 Å². The van der Waals surface area contributed by atoms with Crippen LogP contribution in [0.15, 0.2) is 72.3 Å². The van der Waals surface area contributed by atoms with Gasteiger partial charge in [-0.25, -0.2) is 0 Å². The smallest absolute Gasteiger partial charge is 0.212 e. The van der Waals surface area contributed by atoms with Crippen molar-refractivity contribution in [3.8, 4) is 0 Å². The van der Waals surface area contributed by atoms with Crippen LogP contribution in [0.5, 0.6) is 0 Å². The average Bonchev–Trinajstić information content (AvgIpc) is 2.59. The first-order valence-electron chi connectivity index (χ1n) is 7.54. The molecule has 2 aromatic rings. The Hall–Kier alpha value is -2.88. The van der Waals surface area contributed by atoms with Crippen molar-refractivity contribution in [3.63, 3.8) is 0 Å². The molecule has 0 spiro atoms. The third-order valence-electron chi connectivity index (χ3n) is 3.94. The van der Waals surface area contributed by atoms with Crippen LogP contribution < -0.4 is 10.6 Å². The number of pyridine rings is 1. The maximum absolute atomic E-state index is 12.1. The Morgan fingerprint density at radius 1 is 1.04 bits per heavy atom. The van der Waals surface area contributed by atoms with E-state index in [-0.39, 0.29) is 11.8 Å². The van der Waals surface area contributed by atoms with Gasteiger partial charge in [0.1, 0.15) is 5.70 Å². The quantitative estimate of drug-likeness (QED) is 0.830. The highest BCUT2D eigenvalue weighted by Crippen LogP contribution is 2.30. The van der Waals surface area contributed by atoms with E-state index >= 15 is 0 Å². The molecule has 1 atom stereocenters. The first-order valence-corrected chi connectivity index (χ1v) is 7.54. The molecule has 1 aliphatic carbocycles. The highest BCUT2D eigenvalue weighted by atomic mass is 16.1. The van der Waals surface area contributed by atoms with E-state index in [4.69, 9.17) is 0 Å². The fourth-order valence-corrected chi connectivity index (χ4v) is 2.48. The number of nitrogens with one attached hydrogen (secondary N) is 2. The SMILES string of the molecule is C=C1C(=O)C(Nc2ccncc2)=C1N[C@@H](C)c1ccc(C)cc1. The summed E-state index contributed by atoms with van der Waals surface area (Å²) in [5, 5.41) is 6.53. The molecule has 116 valence electrons. The third kappa shape index (κ3) is 3.01. The summed E-state index contributed by atoms with van der Waals surface area (Å²) in [5.41, 5.74) is 5.07. The topological polar surface area (TPSA) is 54.0 Å². The van der Waals surface area contributed by atoms with Crippen molar-refractivity contribution in [1.29, 1.82) is 0 Å². The highest BCUT2D eigenvalue weighted by molar-refractivity contribution is 6.20. The van der Waals surface area contributed by atoms with E-state index in [1.807, 2.05) is 12.1 Å². The van der Waals surface area contributed by atoms with E-state index < -0.39 is 0 Å². The Morgan fingerprint density at radius 3 is 2.35 bits per heavy atom. The van der Waals surface area contributed by atoms with Crippen molar-refractivity contribution < 1.29 is 4.79 Å². The standard InChI is InChI=1S/C19H19N3O/c1-12-4-6-15(7-5-12)14(3)21-17-13(2)19(23)18(17)22-16-8-10-20-11-9-16/h4-11,14,21H,2H2,1,3H3,(H,20,22)/t14-/m0/s1. The maximum atomic E-state index is 12.1. The molecule has 23 heavy (non-hydrogen) atoms. The van der Waals surface area contributed by atoms with Gasteiger partial charge in [-0.05, 0) is 31.5 Å². The van der Waals surface area contributed by atoms with Crippen molar-refractivity contribution >= 4 is 11.5 Å². The van der Waals surface area contributed by atoms with E-state index in [2.05, 4.69) is 60.3 Å². The molecule has 3 rings (SSSR count). The molecule has 0 bridgehead atoms.